The van der Waals surface area contributed by atoms with Crippen LogP contribution < -0.4 is 10.6 Å². The molecule has 0 spiro atoms. The van der Waals surface area contributed by atoms with Gasteiger partial charge in [-0.05, 0) is 56.5 Å². The molecule has 3 aliphatic rings. The van der Waals surface area contributed by atoms with Gasteiger partial charge in [0.05, 0.1) is 0 Å². The number of rotatable bonds is 5. The lowest BCUT2D eigenvalue weighted by molar-refractivity contribution is -0.127. The Labute approximate surface area is 97.4 Å². The highest BCUT2D eigenvalue weighted by Crippen LogP contribution is 2.44. The minimum absolute atomic E-state index is 0.196. The number of carbonyl (C=O) groups is 1. The second-order valence-electron chi connectivity index (χ2n) is 5.92. The molecule has 0 aromatic carbocycles. The van der Waals surface area contributed by atoms with Gasteiger partial charge in [0, 0.05) is 12.0 Å². The second-order valence-corrected chi connectivity index (χ2v) is 5.92. The SMILES string of the molecule is CC(C(=O)NC(C1CC1)C1CC1)C1CNC1. The Hall–Kier alpha value is -0.570. The van der Waals surface area contributed by atoms with Gasteiger partial charge in [0.1, 0.15) is 0 Å². The van der Waals surface area contributed by atoms with E-state index in [2.05, 4.69) is 17.6 Å². The lowest BCUT2D eigenvalue weighted by Gasteiger charge is -2.32. The third kappa shape index (κ3) is 2.10. The van der Waals surface area contributed by atoms with Crippen LogP contribution in [-0.4, -0.2) is 25.0 Å². The van der Waals surface area contributed by atoms with Crippen LogP contribution in [0, 0.1) is 23.7 Å². The first-order valence-electron chi connectivity index (χ1n) is 6.77. The van der Waals surface area contributed by atoms with Gasteiger partial charge in [-0.25, -0.2) is 0 Å². The molecule has 1 heterocycles. The number of nitrogens with one attached hydrogen (secondary N) is 2. The lowest BCUT2D eigenvalue weighted by Crippen LogP contribution is -2.51. The summed E-state index contributed by atoms with van der Waals surface area (Å²) in [6, 6.07) is 0.517. The van der Waals surface area contributed by atoms with E-state index in [9.17, 15) is 4.79 Å². The number of amides is 1. The molecule has 2 N–H and O–H groups in total. The van der Waals surface area contributed by atoms with E-state index in [4.69, 9.17) is 0 Å². The fourth-order valence-corrected chi connectivity index (χ4v) is 2.71. The molecule has 16 heavy (non-hydrogen) atoms. The van der Waals surface area contributed by atoms with Gasteiger partial charge in [-0.1, -0.05) is 6.92 Å². The van der Waals surface area contributed by atoms with Gasteiger partial charge in [-0.15, -0.1) is 0 Å². The van der Waals surface area contributed by atoms with Gasteiger partial charge in [-0.2, -0.15) is 0 Å². The summed E-state index contributed by atoms with van der Waals surface area (Å²) in [5.74, 6) is 2.68. The van der Waals surface area contributed by atoms with Gasteiger partial charge in [-0.3, -0.25) is 4.79 Å². The molecule has 3 heteroatoms. The van der Waals surface area contributed by atoms with Crippen LogP contribution in [0.25, 0.3) is 0 Å². The van der Waals surface area contributed by atoms with Crippen molar-refractivity contribution in [3.8, 4) is 0 Å². The van der Waals surface area contributed by atoms with Gasteiger partial charge in [0.2, 0.25) is 5.91 Å². The molecule has 0 radical (unpaired) electrons. The Morgan fingerprint density at radius 3 is 2.06 bits per heavy atom. The summed E-state index contributed by atoms with van der Waals surface area (Å²) in [5.41, 5.74) is 0. The minimum Gasteiger partial charge on any atom is -0.353 e. The molecule has 1 aliphatic heterocycles. The Morgan fingerprint density at radius 2 is 1.69 bits per heavy atom. The van der Waals surface area contributed by atoms with Crippen LogP contribution in [0.4, 0.5) is 0 Å². The highest BCUT2D eigenvalue weighted by Gasteiger charge is 2.43. The molecule has 1 unspecified atom stereocenters. The number of hydrogen-bond acceptors (Lipinski definition) is 2. The van der Waals surface area contributed by atoms with Gasteiger partial charge < -0.3 is 10.6 Å². The maximum Gasteiger partial charge on any atom is 0.223 e. The third-order valence-electron chi connectivity index (χ3n) is 4.50. The fourth-order valence-electron chi connectivity index (χ4n) is 2.71. The smallest absolute Gasteiger partial charge is 0.223 e. The summed E-state index contributed by atoms with van der Waals surface area (Å²) in [6.07, 6.45) is 5.34. The Balaban J connectivity index is 1.53. The molecule has 0 aromatic heterocycles. The standard InChI is InChI=1S/C13H22N2O/c1-8(11-6-14-7-11)13(16)15-12(9-2-3-9)10-4-5-10/h8-12,14H,2-7H2,1H3,(H,15,16). The average Bonchev–Trinajstić information content (AvgIpc) is 3.01. The molecule has 1 amide bonds. The van der Waals surface area contributed by atoms with Crippen LogP contribution in [0.1, 0.15) is 32.6 Å². The summed E-state index contributed by atoms with van der Waals surface area (Å²) in [5, 5.41) is 6.56. The molecule has 0 bridgehead atoms. The average molecular weight is 222 g/mol. The van der Waals surface area contributed by atoms with Gasteiger partial charge >= 0.3 is 0 Å². The molecule has 2 saturated carbocycles. The summed E-state index contributed by atoms with van der Waals surface area (Å²) < 4.78 is 0. The van der Waals surface area contributed by atoms with Crippen molar-refractivity contribution in [1.82, 2.24) is 10.6 Å². The topological polar surface area (TPSA) is 41.1 Å². The van der Waals surface area contributed by atoms with E-state index in [-0.39, 0.29) is 5.92 Å². The van der Waals surface area contributed by atoms with Crippen molar-refractivity contribution >= 4 is 5.91 Å². The zero-order valence-electron chi connectivity index (χ0n) is 10.0. The van der Waals surface area contributed by atoms with Crippen LogP contribution in [0.15, 0.2) is 0 Å². The highest BCUT2D eigenvalue weighted by molar-refractivity contribution is 5.79. The fraction of sp³-hybridized carbons (Fsp3) is 0.923. The second kappa shape index (κ2) is 4.02. The predicted octanol–water partition coefficient (Wildman–Crippen LogP) is 1.15. The first-order chi connectivity index (χ1) is 7.75. The third-order valence-corrected chi connectivity index (χ3v) is 4.50. The van der Waals surface area contributed by atoms with Crippen molar-refractivity contribution in [1.29, 1.82) is 0 Å². The largest absolute Gasteiger partial charge is 0.353 e. The van der Waals surface area contributed by atoms with Crippen LogP contribution in [-0.2, 0) is 4.79 Å². The molecule has 2 aliphatic carbocycles. The zero-order valence-corrected chi connectivity index (χ0v) is 10.0. The molecule has 90 valence electrons. The zero-order chi connectivity index (χ0) is 11.1. The molecule has 3 nitrogen and oxygen atoms in total. The molecule has 3 rings (SSSR count). The van der Waals surface area contributed by atoms with E-state index in [0.717, 1.165) is 24.9 Å². The first kappa shape index (κ1) is 10.6. The van der Waals surface area contributed by atoms with Crippen LogP contribution in [0.3, 0.4) is 0 Å². The molecule has 1 atom stereocenters. The minimum atomic E-state index is 0.196. The van der Waals surface area contributed by atoms with E-state index in [1.807, 2.05) is 0 Å². The molecular formula is C13H22N2O. The summed E-state index contributed by atoms with van der Waals surface area (Å²) in [4.78, 5) is 12.1. The van der Waals surface area contributed by atoms with Crippen LogP contribution in [0.5, 0.6) is 0 Å². The molecule has 1 saturated heterocycles. The summed E-state index contributed by atoms with van der Waals surface area (Å²) in [6.45, 7) is 4.12. The maximum absolute atomic E-state index is 12.1. The lowest BCUT2D eigenvalue weighted by atomic mass is 9.88. The van der Waals surface area contributed by atoms with Crippen LogP contribution in [0.2, 0.25) is 0 Å². The first-order valence-corrected chi connectivity index (χ1v) is 6.77. The quantitative estimate of drug-likeness (QED) is 0.732. The van der Waals surface area contributed by atoms with Crippen molar-refractivity contribution in [2.45, 2.75) is 38.6 Å². The summed E-state index contributed by atoms with van der Waals surface area (Å²) >= 11 is 0. The summed E-state index contributed by atoms with van der Waals surface area (Å²) in [7, 11) is 0. The highest BCUT2D eigenvalue weighted by atomic mass is 16.2. The van der Waals surface area contributed by atoms with Crippen molar-refractivity contribution in [3.05, 3.63) is 0 Å². The van der Waals surface area contributed by atoms with E-state index < -0.39 is 0 Å². The van der Waals surface area contributed by atoms with Crippen LogP contribution >= 0.6 is 0 Å². The predicted molar refractivity (Wildman–Crippen MR) is 62.9 cm³/mol. The number of hydrogen-bond donors (Lipinski definition) is 2. The van der Waals surface area contributed by atoms with Crippen molar-refractivity contribution in [3.63, 3.8) is 0 Å². The van der Waals surface area contributed by atoms with Crippen molar-refractivity contribution in [2.75, 3.05) is 13.1 Å². The maximum atomic E-state index is 12.1. The Morgan fingerprint density at radius 1 is 1.12 bits per heavy atom. The monoisotopic (exact) mass is 222 g/mol. The number of carbonyl (C=O) groups excluding carboxylic acids is 1. The normalized spacial score (nSPS) is 27.6. The van der Waals surface area contributed by atoms with E-state index in [1.165, 1.54) is 25.7 Å². The van der Waals surface area contributed by atoms with E-state index in [0.29, 0.717) is 17.9 Å². The van der Waals surface area contributed by atoms with E-state index in [1.54, 1.807) is 0 Å². The Bertz CT molecular complexity index is 268. The van der Waals surface area contributed by atoms with Gasteiger partial charge in [0.25, 0.3) is 0 Å². The Kier molecular flexibility index (Phi) is 2.66. The van der Waals surface area contributed by atoms with E-state index >= 15 is 0 Å². The molecule has 3 fully saturated rings. The van der Waals surface area contributed by atoms with Gasteiger partial charge in [0.15, 0.2) is 0 Å². The van der Waals surface area contributed by atoms with Crippen molar-refractivity contribution in [2.24, 2.45) is 23.7 Å². The molecular weight excluding hydrogens is 200 g/mol. The molecule has 0 aromatic rings. The van der Waals surface area contributed by atoms with Crippen molar-refractivity contribution < 1.29 is 4.79 Å².